The first-order valence-corrected chi connectivity index (χ1v) is 10.1. The van der Waals surface area contributed by atoms with Crippen molar-refractivity contribution in [1.82, 2.24) is 15.1 Å². The molecule has 1 aromatic rings. The van der Waals surface area contributed by atoms with Gasteiger partial charge in [-0.05, 0) is 25.0 Å². The SMILES string of the molecule is O=C(NC[C@H]1CN(CCCCN2CCOCC2=O)C(=O)O1)c1ccc(Cl)s1. The maximum atomic E-state index is 12.0. The molecular formula is C17H22ClN3O5S. The van der Waals surface area contributed by atoms with E-state index in [-0.39, 0.29) is 37.2 Å². The lowest BCUT2D eigenvalue weighted by Gasteiger charge is -2.26. The summed E-state index contributed by atoms with van der Waals surface area (Å²) in [6, 6.07) is 3.33. The lowest BCUT2D eigenvalue weighted by Crippen LogP contribution is -2.42. The van der Waals surface area contributed by atoms with E-state index < -0.39 is 0 Å². The third-order valence-corrected chi connectivity index (χ3v) is 5.66. The van der Waals surface area contributed by atoms with Gasteiger partial charge in [-0.3, -0.25) is 9.59 Å². The minimum absolute atomic E-state index is 0.0182. The minimum Gasteiger partial charge on any atom is -0.442 e. The van der Waals surface area contributed by atoms with Gasteiger partial charge < -0.3 is 24.6 Å². The summed E-state index contributed by atoms with van der Waals surface area (Å²) in [6.45, 7) is 3.32. The first-order valence-electron chi connectivity index (χ1n) is 8.87. The first-order chi connectivity index (χ1) is 13.0. The molecule has 0 saturated carbocycles. The van der Waals surface area contributed by atoms with Crippen LogP contribution in [0.5, 0.6) is 0 Å². The smallest absolute Gasteiger partial charge is 0.410 e. The Labute approximate surface area is 166 Å². The summed E-state index contributed by atoms with van der Waals surface area (Å²) in [6.07, 6.45) is 0.872. The highest BCUT2D eigenvalue weighted by atomic mass is 35.5. The van der Waals surface area contributed by atoms with Crippen molar-refractivity contribution in [3.05, 3.63) is 21.3 Å². The van der Waals surface area contributed by atoms with Crippen molar-refractivity contribution in [2.75, 3.05) is 45.9 Å². The summed E-state index contributed by atoms with van der Waals surface area (Å²) in [7, 11) is 0. The minimum atomic E-state index is -0.365. The van der Waals surface area contributed by atoms with E-state index in [1.54, 1.807) is 21.9 Å². The Morgan fingerprint density at radius 3 is 2.74 bits per heavy atom. The van der Waals surface area contributed by atoms with Gasteiger partial charge in [0.15, 0.2) is 0 Å². The van der Waals surface area contributed by atoms with Crippen LogP contribution in [-0.2, 0) is 14.3 Å². The van der Waals surface area contributed by atoms with Crippen molar-refractivity contribution >= 4 is 40.8 Å². The Balaban J connectivity index is 1.33. The van der Waals surface area contributed by atoms with E-state index in [4.69, 9.17) is 21.1 Å². The van der Waals surface area contributed by atoms with E-state index in [0.717, 1.165) is 12.8 Å². The predicted octanol–water partition coefficient (Wildman–Crippen LogP) is 1.59. The average Bonchev–Trinajstić information content (AvgIpc) is 3.24. The number of amides is 3. The molecule has 1 aromatic heterocycles. The average molecular weight is 416 g/mol. The van der Waals surface area contributed by atoms with Crippen molar-refractivity contribution < 1.29 is 23.9 Å². The fourth-order valence-corrected chi connectivity index (χ4v) is 3.95. The fourth-order valence-electron chi connectivity index (χ4n) is 2.99. The van der Waals surface area contributed by atoms with Gasteiger partial charge >= 0.3 is 6.09 Å². The van der Waals surface area contributed by atoms with Crippen molar-refractivity contribution in [3.63, 3.8) is 0 Å². The number of hydrogen-bond donors (Lipinski definition) is 1. The third kappa shape index (κ3) is 5.57. The zero-order valence-corrected chi connectivity index (χ0v) is 16.4. The van der Waals surface area contributed by atoms with Gasteiger partial charge in [-0.2, -0.15) is 0 Å². The number of rotatable bonds is 8. The van der Waals surface area contributed by atoms with Crippen LogP contribution in [0.2, 0.25) is 4.34 Å². The van der Waals surface area contributed by atoms with Crippen LogP contribution >= 0.6 is 22.9 Å². The number of nitrogens with zero attached hydrogens (tertiary/aromatic N) is 2. The van der Waals surface area contributed by atoms with Crippen LogP contribution in [0.1, 0.15) is 22.5 Å². The molecule has 2 aliphatic heterocycles. The molecule has 1 N–H and O–H groups in total. The van der Waals surface area contributed by atoms with Gasteiger partial charge in [0.05, 0.1) is 28.9 Å². The van der Waals surface area contributed by atoms with Crippen molar-refractivity contribution in [2.45, 2.75) is 18.9 Å². The van der Waals surface area contributed by atoms with Crippen molar-refractivity contribution in [1.29, 1.82) is 0 Å². The number of hydrogen-bond acceptors (Lipinski definition) is 6. The van der Waals surface area contributed by atoms with Crippen LogP contribution < -0.4 is 5.32 Å². The molecule has 0 aliphatic carbocycles. The molecule has 8 nitrogen and oxygen atoms in total. The van der Waals surface area contributed by atoms with E-state index in [1.165, 1.54) is 11.3 Å². The van der Waals surface area contributed by atoms with Gasteiger partial charge in [0.25, 0.3) is 5.91 Å². The molecule has 0 bridgehead atoms. The van der Waals surface area contributed by atoms with Gasteiger partial charge in [0.2, 0.25) is 5.91 Å². The molecule has 148 valence electrons. The topological polar surface area (TPSA) is 88.2 Å². The lowest BCUT2D eigenvalue weighted by molar-refractivity contribution is -0.142. The molecule has 0 spiro atoms. The van der Waals surface area contributed by atoms with Gasteiger partial charge in [-0.25, -0.2) is 4.79 Å². The summed E-state index contributed by atoms with van der Waals surface area (Å²) < 4.78 is 10.9. The molecule has 2 aliphatic rings. The summed E-state index contributed by atoms with van der Waals surface area (Å²) in [5.74, 6) is -0.207. The number of cyclic esters (lactones) is 1. The number of unbranched alkanes of at least 4 members (excludes halogenated alkanes) is 1. The highest BCUT2D eigenvalue weighted by molar-refractivity contribution is 7.17. The summed E-state index contributed by atoms with van der Waals surface area (Å²) >= 11 is 7.03. The van der Waals surface area contributed by atoms with Crippen LogP contribution in [0.3, 0.4) is 0 Å². The largest absolute Gasteiger partial charge is 0.442 e. The zero-order chi connectivity index (χ0) is 19.2. The summed E-state index contributed by atoms with van der Waals surface area (Å²) in [4.78, 5) is 39.6. The van der Waals surface area contributed by atoms with E-state index in [2.05, 4.69) is 5.32 Å². The van der Waals surface area contributed by atoms with Crippen LogP contribution in [0.4, 0.5) is 4.79 Å². The Morgan fingerprint density at radius 2 is 2.04 bits per heavy atom. The monoisotopic (exact) mass is 415 g/mol. The maximum absolute atomic E-state index is 12.0. The number of halogens is 1. The Bertz CT molecular complexity index is 698. The van der Waals surface area contributed by atoms with E-state index in [9.17, 15) is 14.4 Å². The normalized spacial score (nSPS) is 20.1. The number of carbonyl (C=O) groups is 3. The molecule has 0 radical (unpaired) electrons. The van der Waals surface area contributed by atoms with Crippen LogP contribution in [0.25, 0.3) is 0 Å². The Morgan fingerprint density at radius 1 is 1.26 bits per heavy atom. The molecular weight excluding hydrogens is 394 g/mol. The lowest BCUT2D eigenvalue weighted by atomic mass is 10.2. The molecule has 3 amide bonds. The Hall–Kier alpha value is -1.84. The van der Waals surface area contributed by atoms with E-state index >= 15 is 0 Å². The van der Waals surface area contributed by atoms with Crippen molar-refractivity contribution in [2.24, 2.45) is 0 Å². The van der Waals surface area contributed by atoms with E-state index in [1.807, 2.05) is 0 Å². The molecule has 0 unspecified atom stereocenters. The third-order valence-electron chi connectivity index (χ3n) is 4.43. The number of carbonyl (C=O) groups excluding carboxylic acids is 3. The standard InChI is InChI=1S/C17H22ClN3O5S/c18-14-4-3-13(27-14)16(23)19-9-12-10-21(17(24)26-12)6-2-1-5-20-7-8-25-11-15(20)22/h3-4,12H,1-2,5-11H2,(H,19,23)/t12-/m0/s1. The molecule has 3 heterocycles. The van der Waals surface area contributed by atoms with Crippen LogP contribution in [0.15, 0.2) is 12.1 Å². The molecule has 2 saturated heterocycles. The Kier molecular flexibility index (Phi) is 6.92. The molecule has 10 heteroatoms. The molecule has 1 atom stereocenters. The van der Waals surface area contributed by atoms with Crippen molar-refractivity contribution in [3.8, 4) is 0 Å². The number of thiophene rings is 1. The second-order valence-electron chi connectivity index (χ2n) is 6.41. The van der Waals surface area contributed by atoms with Crippen LogP contribution in [0, 0.1) is 0 Å². The van der Waals surface area contributed by atoms with Crippen LogP contribution in [-0.4, -0.2) is 79.7 Å². The first kappa shape index (κ1) is 19.9. The van der Waals surface area contributed by atoms with Gasteiger partial charge in [0.1, 0.15) is 12.7 Å². The van der Waals surface area contributed by atoms with Gasteiger partial charge in [0, 0.05) is 19.6 Å². The fraction of sp³-hybridized carbons (Fsp3) is 0.588. The predicted molar refractivity (Wildman–Crippen MR) is 100 cm³/mol. The quantitative estimate of drug-likeness (QED) is 0.651. The zero-order valence-electron chi connectivity index (χ0n) is 14.8. The van der Waals surface area contributed by atoms with E-state index in [0.29, 0.717) is 42.0 Å². The number of ether oxygens (including phenoxy) is 2. The second kappa shape index (κ2) is 9.38. The second-order valence-corrected chi connectivity index (χ2v) is 8.12. The molecule has 27 heavy (non-hydrogen) atoms. The number of morpholine rings is 1. The summed E-state index contributed by atoms with van der Waals surface area (Å²) in [5.41, 5.74) is 0. The van der Waals surface area contributed by atoms with Gasteiger partial charge in [-0.15, -0.1) is 11.3 Å². The molecule has 0 aromatic carbocycles. The molecule has 2 fully saturated rings. The highest BCUT2D eigenvalue weighted by Gasteiger charge is 2.31. The maximum Gasteiger partial charge on any atom is 0.410 e. The van der Waals surface area contributed by atoms with Gasteiger partial charge in [-0.1, -0.05) is 11.6 Å². The summed E-state index contributed by atoms with van der Waals surface area (Å²) in [5, 5.41) is 2.76. The molecule has 3 rings (SSSR count). The highest BCUT2D eigenvalue weighted by Crippen LogP contribution is 2.21. The number of nitrogens with one attached hydrogen (secondary N) is 1.